The van der Waals surface area contributed by atoms with Gasteiger partial charge < -0.3 is 10.1 Å². The molecule has 106 valence electrons. The van der Waals surface area contributed by atoms with E-state index in [-0.39, 0.29) is 0 Å². The van der Waals surface area contributed by atoms with E-state index in [1.807, 2.05) is 36.4 Å². The Morgan fingerprint density at radius 3 is 2.62 bits per heavy atom. The molecule has 0 bridgehead atoms. The summed E-state index contributed by atoms with van der Waals surface area (Å²) < 4.78 is 1.59. The number of hydrogen-bond donors (Lipinski definition) is 3. The quantitative estimate of drug-likeness (QED) is 0.288. The lowest BCUT2D eigenvalue weighted by molar-refractivity contribution is 0.467. The van der Waals surface area contributed by atoms with Crippen LogP contribution in [0.2, 0.25) is 0 Å². The van der Waals surface area contributed by atoms with E-state index in [1.165, 1.54) is 0 Å². The third-order valence-corrected chi connectivity index (χ3v) is 4.46. The number of phenols is 1. The highest BCUT2D eigenvalue weighted by Crippen LogP contribution is 2.26. The fraction of sp³-hybridized carbons (Fsp3) is 0. The average molecular weight is 504 g/mol. The number of nitrogens with zero attached hydrogens (tertiary/aromatic N) is 2. The van der Waals surface area contributed by atoms with Gasteiger partial charge in [0, 0.05) is 0 Å². The second kappa shape index (κ2) is 6.18. The van der Waals surface area contributed by atoms with Gasteiger partial charge in [0.2, 0.25) is 5.95 Å². The molecule has 0 amide bonds. The SMILES string of the molecule is Oc1c(I)cc(/C=N\Nc2nc3ccccc3[nH]2)cc1I. The second-order valence-corrected chi connectivity index (χ2v) is 6.63. The van der Waals surface area contributed by atoms with Crippen molar-refractivity contribution in [3.8, 4) is 5.75 Å². The summed E-state index contributed by atoms with van der Waals surface area (Å²) in [7, 11) is 0. The van der Waals surface area contributed by atoms with Crippen molar-refractivity contribution in [3.63, 3.8) is 0 Å². The Labute approximate surface area is 148 Å². The molecule has 3 rings (SSSR count). The van der Waals surface area contributed by atoms with E-state index in [1.54, 1.807) is 6.21 Å². The standard InChI is InChI=1S/C14H10I2N4O/c15-9-5-8(6-10(16)13(9)21)7-17-20-14-18-11-3-1-2-4-12(11)19-14/h1-7,21H,(H2,18,19,20)/b17-7-. The number of H-pyrrole nitrogens is 1. The number of benzene rings is 2. The minimum Gasteiger partial charge on any atom is -0.506 e. The molecule has 1 heterocycles. The van der Waals surface area contributed by atoms with Crippen LogP contribution < -0.4 is 5.43 Å². The Kier molecular flexibility index (Phi) is 4.29. The summed E-state index contributed by atoms with van der Waals surface area (Å²) in [6.07, 6.45) is 1.69. The fourth-order valence-corrected chi connectivity index (χ4v) is 3.65. The van der Waals surface area contributed by atoms with Crippen LogP contribution in [0.25, 0.3) is 11.0 Å². The Morgan fingerprint density at radius 2 is 1.90 bits per heavy atom. The lowest BCUT2D eigenvalue weighted by atomic mass is 10.2. The maximum Gasteiger partial charge on any atom is 0.222 e. The molecule has 0 radical (unpaired) electrons. The van der Waals surface area contributed by atoms with Crippen LogP contribution in [0.5, 0.6) is 5.75 Å². The predicted octanol–water partition coefficient (Wildman–Crippen LogP) is 3.92. The first-order chi connectivity index (χ1) is 10.1. The van der Waals surface area contributed by atoms with Crippen molar-refractivity contribution in [2.45, 2.75) is 0 Å². The molecule has 5 nitrogen and oxygen atoms in total. The third-order valence-electron chi connectivity index (χ3n) is 2.81. The summed E-state index contributed by atoms with van der Waals surface area (Å²) >= 11 is 4.19. The first-order valence-electron chi connectivity index (χ1n) is 6.05. The monoisotopic (exact) mass is 504 g/mol. The molecule has 7 heteroatoms. The number of fused-ring (bicyclic) bond motifs is 1. The van der Waals surface area contributed by atoms with Crippen LogP contribution in [0.3, 0.4) is 0 Å². The maximum absolute atomic E-state index is 9.72. The van der Waals surface area contributed by atoms with Gasteiger partial charge in [-0.25, -0.2) is 10.4 Å². The number of imidazole rings is 1. The second-order valence-electron chi connectivity index (χ2n) is 4.31. The fourth-order valence-electron chi connectivity index (χ4n) is 1.83. The smallest absolute Gasteiger partial charge is 0.222 e. The van der Waals surface area contributed by atoms with Crippen molar-refractivity contribution in [1.29, 1.82) is 0 Å². The third kappa shape index (κ3) is 3.28. The van der Waals surface area contributed by atoms with Gasteiger partial charge >= 0.3 is 0 Å². The Morgan fingerprint density at radius 1 is 1.19 bits per heavy atom. The number of anilines is 1. The molecule has 0 fully saturated rings. The van der Waals surface area contributed by atoms with Gasteiger partial charge in [0.15, 0.2) is 0 Å². The normalized spacial score (nSPS) is 11.3. The zero-order valence-corrected chi connectivity index (χ0v) is 15.0. The van der Waals surface area contributed by atoms with Gasteiger partial charge in [0.05, 0.1) is 24.4 Å². The molecular formula is C14H10I2N4O. The predicted molar refractivity (Wildman–Crippen MR) is 101 cm³/mol. The van der Waals surface area contributed by atoms with Crippen molar-refractivity contribution in [2.24, 2.45) is 5.10 Å². The number of halogens is 2. The topological polar surface area (TPSA) is 73.3 Å². The van der Waals surface area contributed by atoms with E-state index >= 15 is 0 Å². The van der Waals surface area contributed by atoms with Crippen molar-refractivity contribution in [2.75, 3.05) is 5.43 Å². The molecule has 0 aliphatic heterocycles. The van der Waals surface area contributed by atoms with Gasteiger partial charge in [-0.1, -0.05) is 12.1 Å². The summed E-state index contributed by atoms with van der Waals surface area (Å²) in [5.41, 5.74) is 5.63. The number of hydrazone groups is 1. The van der Waals surface area contributed by atoms with E-state index in [0.29, 0.717) is 11.7 Å². The van der Waals surface area contributed by atoms with Gasteiger partial charge in [-0.05, 0) is 75.0 Å². The Hall–Kier alpha value is -1.36. The van der Waals surface area contributed by atoms with Gasteiger partial charge in [0.1, 0.15) is 5.75 Å². The van der Waals surface area contributed by atoms with E-state index in [0.717, 1.165) is 23.7 Å². The van der Waals surface area contributed by atoms with E-state index in [2.05, 4.69) is 65.7 Å². The molecule has 0 saturated carbocycles. The number of aromatic hydroxyl groups is 1. The van der Waals surface area contributed by atoms with Crippen LogP contribution in [0.15, 0.2) is 41.5 Å². The number of nitrogens with one attached hydrogen (secondary N) is 2. The Balaban J connectivity index is 1.77. The molecule has 0 unspecified atom stereocenters. The highest BCUT2D eigenvalue weighted by atomic mass is 127. The summed E-state index contributed by atoms with van der Waals surface area (Å²) in [5.74, 6) is 0.897. The minimum absolute atomic E-state index is 0.304. The number of para-hydroxylation sites is 2. The molecule has 0 saturated heterocycles. The molecule has 0 aliphatic carbocycles. The molecule has 2 aromatic carbocycles. The average Bonchev–Trinajstić information content (AvgIpc) is 2.87. The van der Waals surface area contributed by atoms with Crippen LogP contribution in [0.4, 0.5) is 5.95 Å². The lowest BCUT2D eigenvalue weighted by Crippen LogP contribution is -1.93. The minimum atomic E-state index is 0.304. The largest absolute Gasteiger partial charge is 0.506 e. The first kappa shape index (κ1) is 14.6. The summed E-state index contributed by atoms with van der Waals surface area (Å²) in [5, 5.41) is 13.9. The van der Waals surface area contributed by atoms with Crippen LogP contribution in [-0.2, 0) is 0 Å². The van der Waals surface area contributed by atoms with Crippen LogP contribution in [0, 0.1) is 7.14 Å². The molecule has 3 N–H and O–H groups in total. The number of hydrogen-bond acceptors (Lipinski definition) is 4. The van der Waals surface area contributed by atoms with Crippen molar-refractivity contribution < 1.29 is 5.11 Å². The van der Waals surface area contributed by atoms with Crippen LogP contribution >= 0.6 is 45.2 Å². The molecule has 0 spiro atoms. The van der Waals surface area contributed by atoms with Crippen molar-refractivity contribution in [1.82, 2.24) is 9.97 Å². The zero-order chi connectivity index (χ0) is 14.8. The number of rotatable bonds is 3. The van der Waals surface area contributed by atoms with Crippen molar-refractivity contribution >= 4 is 68.4 Å². The van der Waals surface area contributed by atoms with Gasteiger partial charge in [-0.3, -0.25) is 0 Å². The van der Waals surface area contributed by atoms with Crippen molar-refractivity contribution in [3.05, 3.63) is 49.1 Å². The number of phenolic OH excluding ortho intramolecular Hbond substituents is 1. The molecule has 1 aromatic heterocycles. The summed E-state index contributed by atoms with van der Waals surface area (Å²) in [6.45, 7) is 0. The first-order valence-corrected chi connectivity index (χ1v) is 8.21. The van der Waals surface area contributed by atoms with Crippen LogP contribution in [-0.4, -0.2) is 21.3 Å². The van der Waals surface area contributed by atoms with Crippen LogP contribution in [0.1, 0.15) is 5.56 Å². The zero-order valence-electron chi connectivity index (χ0n) is 10.6. The van der Waals surface area contributed by atoms with Gasteiger partial charge in [0.25, 0.3) is 0 Å². The summed E-state index contributed by atoms with van der Waals surface area (Å²) in [4.78, 5) is 7.50. The molecule has 3 aromatic rings. The highest BCUT2D eigenvalue weighted by molar-refractivity contribution is 14.1. The number of aromatic amines is 1. The van der Waals surface area contributed by atoms with E-state index in [4.69, 9.17) is 0 Å². The van der Waals surface area contributed by atoms with E-state index in [9.17, 15) is 5.11 Å². The number of aromatic nitrogens is 2. The lowest BCUT2D eigenvalue weighted by Gasteiger charge is -2.02. The van der Waals surface area contributed by atoms with Gasteiger partial charge in [-0.15, -0.1) is 0 Å². The maximum atomic E-state index is 9.72. The molecule has 21 heavy (non-hydrogen) atoms. The van der Waals surface area contributed by atoms with Gasteiger partial charge in [-0.2, -0.15) is 5.10 Å². The highest BCUT2D eigenvalue weighted by Gasteiger charge is 2.04. The molecular weight excluding hydrogens is 494 g/mol. The Bertz CT molecular complexity index is 773. The van der Waals surface area contributed by atoms with E-state index < -0.39 is 0 Å². The molecule has 0 aliphatic rings. The summed E-state index contributed by atoms with van der Waals surface area (Å²) in [6, 6.07) is 11.5. The molecule has 0 atom stereocenters.